The number of fused-ring (bicyclic) bond motifs is 1. The Labute approximate surface area is 154 Å². The van der Waals surface area contributed by atoms with E-state index in [0.717, 1.165) is 31.4 Å². The molecule has 6 heteroatoms. The molecule has 0 unspecified atom stereocenters. The van der Waals surface area contributed by atoms with Gasteiger partial charge in [-0.1, -0.05) is 6.07 Å². The lowest BCUT2D eigenvalue weighted by atomic mass is 9.92. The lowest BCUT2D eigenvalue weighted by molar-refractivity contribution is -0.124. The van der Waals surface area contributed by atoms with Crippen LogP contribution in [0.4, 0.5) is 4.79 Å². The van der Waals surface area contributed by atoms with Gasteiger partial charge in [-0.2, -0.15) is 0 Å². The number of benzene rings is 1. The maximum absolute atomic E-state index is 12.1. The molecule has 0 saturated carbocycles. The highest BCUT2D eigenvalue weighted by Gasteiger charge is 2.24. The fourth-order valence-corrected chi connectivity index (χ4v) is 3.64. The Morgan fingerprint density at radius 3 is 2.62 bits per heavy atom. The summed E-state index contributed by atoms with van der Waals surface area (Å²) in [6.07, 6.45) is 5.92. The van der Waals surface area contributed by atoms with Crippen LogP contribution in [-0.4, -0.2) is 49.2 Å². The molecule has 26 heavy (non-hydrogen) atoms. The van der Waals surface area contributed by atoms with Crippen molar-refractivity contribution < 1.29 is 19.1 Å². The molecule has 0 radical (unpaired) electrons. The molecule has 1 aromatic rings. The fourth-order valence-electron chi connectivity index (χ4n) is 3.64. The average molecular weight is 360 g/mol. The molecule has 1 fully saturated rings. The normalized spacial score (nSPS) is 17.3. The van der Waals surface area contributed by atoms with Gasteiger partial charge in [-0.05, 0) is 68.7 Å². The second kappa shape index (κ2) is 8.92. The van der Waals surface area contributed by atoms with Crippen molar-refractivity contribution in [3.8, 4) is 5.75 Å². The number of aryl methyl sites for hydroxylation is 2. The summed E-state index contributed by atoms with van der Waals surface area (Å²) in [5.74, 6) is 0.648. The molecule has 2 amide bonds. The van der Waals surface area contributed by atoms with E-state index in [-0.39, 0.29) is 24.6 Å². The van der Waals surface area contributed by atoms with Gasteiger partial charge in [0, 0.05) is 19.1 Å². The van der Waals surface area contributed by atoms with Gasteiger partial charge >= 0.3 is 6.09 Å². The van der Waals surface area contributed by atoms with Gasteiger partial charge in [0.05, 0.1) is 6.61 Å². The van der Waals surface area contributed by atoms with Crippen LogP contribution in [0.5, 0.6) is 5.75 Å². The number of hydrogen-bond acceptors (Lipinski definition) is 4. The van der Waals surface area contributed by atoms with Gasteiger partial charge in [0.2, 0.25) is 0 Å². The molecule has 1 saturated heterocycles. The van der Waals surface area contributed by atoms with Crippen LogP contribution in [-0.2, 0) is 22.4 Å². The van der Waals surface area contributed by atoms with Crippen LogP contribution in [0.2, 0.25) is 0 Å². The Morgan fingerprint density at radius 2 is 1.88 bits per heavy atom. The van der Waals surface area contributed by atoms with Crippen LogP contribution in [0.3, 0.4) is 0 Å². The van der Waals surface area contributed by atoms with E-state index in [0.29, 0.717) is 19.7 Å². The molecule has 1 aliphatic carbocycles. The maximum Gasteiger partial charge on any atom is 0.409 e. The number of carbonyl (C=O) groups excluding carboxylic acids is 2. The molecule has 2 aliphatic rings. The summed E-state index contributed by atoms with van der Waals surface area (Å²) < 4.78 is 10.7. The zero-order chi connectivity index (χ0) is 18.4. The molecule has 0 bridgehead atoms. The first-order chi connectivity index (χ1) is 12.7. The van der Waals surface area contributed by atoms with Crippen molar-refractivity contribution in [2.45, 2.75) is 51.5 Å². The van der Waals surface area contributed by atoms with Gasteiger partial charge in [-0.3, -0.25) is 4.79 Å². The lowest BCUT2D eigenvalue weighted by Crippen LogP contribution is -2.47. The second-order valence-electron chi connectivity index (χ2n) is 6.95. The molecule has 1 aliphatic heterocycles. The Hall–Kier alpha value is -2.24. The van der Waals surface area contributed by atoms with Crippen molar-refractivity contribution in [2.24, 2.45) is 0 Å². The van der Waals surface area contributed by atoms with Crippen LogP contribution < -0.4 is 10.1 Å². The van der Waals surface area contributed by atoms with Crippen molar-refractivity contribution in [3.05, 3.63) is 29.3 Å². The molecule has 6 nitrogen and oxygen atoms in total. The summed E-state index contributed by atoms with van der Waals surface area (Å²) in [5, 5.41) is 3.00. The number of hydrogen-bond donors (Lipinski definition) is 1. The molecule has 0 atom stereocenters. The second-order valence-corrected chi connectivity index (χ2v) is 6.95. The van der Waals surface area contributed by atoms with E-state index in [2.05, 4.69) is 17.4 Å². The van der Waals surface area contributed by atoms with Crippen LogP contribution >= 0.6 is 0 Å². The molecular formula is C20H28N2O4. The summed E-state index contributed by atoms with van der Waals surface area (Å²) in [4.78, 5) is 25.5. The Morgan fingerprint density at radius 1 is 1.15 bits per heavy atom. The molecule has 142 valence electrons. The summed E-state index contributed by atoms with van der Waals surface area (Å²) in [6, 6.07) is 6.22. The minimum Gasteiger partial charge on any atom is -0.484 e. The van der Waals surface area contributed by atoms with Crippen LogP contribution in [0, 0.1) is 0 Å². The zero-order valence-corrected chi connectivity index (χ0v) is 15.5. The van der Waals surface area contributed by atoms with Crippen LogP contribution in [0.1, 0.15) is 43.7 Å². The first-order valence-electron chi connectivity index (χ1n) is 9.61. The summed E-state index contributed by atoms with van der Waals surface area (Å²) >= 11 is 0. The number of amides is 2. The van der Waals surface area contributed by atoms with Crippen molar-refractivity contribution >= 4 is 12.0 Å². The van der Waals surface area contributed by atoms with Crippen molar-refractivity contribution in [2.75, 3.05) is 26.3 Å². The summed E-state index contributed by atoms with van der Waals surface area (Å²) in [6.45, 7) is 3.42. The highest BCUT2D eigenvalue weighted by molar-refractivity contribution is 5.78. The van der Waals surface area contributed by atoms with E-state index >= 15 is 0 Å². The van der Waals surface area contributed by atoms with Gasteiger partial charge in [0.25, 0.3) is 5.91 Å². The average Bonchev–Trinajstić information content (AvgIpc) is 2.67. The first kappa shape index (κ1) is 18.5. The molecule has 0 aromatic heterocycles. The number of likely N-dealkylation sites (tertiary alicyclic amines) is 1. The van der Waals surface area contributed by atoms with E-state index in [4.69, 9.17) is 9.47 Å². The minimum absolute atomic E-state index is 0.0247. The van der Waals surface area contributed by atoms with Gasteiger partial charge in [0.1, 0.15) is 5.75 Å². The number of nitrogens with zero attached hydrogens (tertiary/aromatic N) is 1. The summed E-state index contributed by atoms with van der Waals surface area (Å²) in [7, 11) is 0. The Balaban J connectivity index is 1.40. The molecule has 1 N–H and O–H groups in total. The first-order valence-corrected chi connectivity index (χ1v) is 9.61. The maximum atomic E-state index is 12.1. The van der Waals surface area contributed by atoms with Crippen molar-refractivity contribution in [1.29, 1.82) is 0 Å². The van der Waals surface area contributed by atoms with Crippen LogP contribution in [0.25, 0.3) is 0 Å². The third-order valence-electron chi connectivity index (χ3n) is 5.08. The zero-order valence-electron chi connectivity index (χ0n) is 15.5. The molecule has 0 spiro atoms. The molecule has 3 rings (SSSR count). The highest BCUT2D eigenvalue weighted by Crippen LogP contribution is 2.25. The third-order valence-corrected chi connectivity index (χ3v) is 5.08. The van der Waals surface area contributed by atoms with Gasteiger partial charge in [-0.25, -0.2) is 4.79 Å². The Kier molecular flexibility index (Phi) is 6.36. The van der Waals surface area contributed by atoms with E-state index in [1.807, 2.05) is 6.07 Å². The van der Waals surface area contributed by atoms with Gasteiger partial charge < -0.3 is 19.7 Å². The summed E-state index contributed by atoms with van der Waals surface area (Å²) in [5.41, 5.74) is 2.75. The smallest absolute Gasteiger partial charge is 0.409 e. The monoisotopic (exact) mass is 360 g/mol. The van der Waals surface area contributed by atoms with E-state index in [1.54, 1.807) is 11.8 Å². The minimum atomic E-state index is -0.270. The fraction of sp³-hybridized carbons (Fsp3) is 0.600. The highest BCUT2D eigenvalue weighted by atomic mass is 16.6. The van der Waals surface area contributed by atoms with E-state index in [1.165, 1.54) is 24.0 Å². The SMILES string of the molecule is CCOC(=O)N1CCC(NC(=O)COc2ccc3c(c2)CCCC3)CC1. The number of rotatable bonds is 5. The quantitative estimate of drug-likeness (QED) is 0.877. The number of piperidine rings is 1. The molecule has 1 aromatic carbocycles. The molecule has 1 heterocycles. The van der Waals surface area contributed by atoms with Crippen molar-refractivity contribution in [1.82, 2.24) is 10.2 Å². The van der Waals surface area contributed by atoms with Gasteiger partial charge in [0.15, 0.2) is 6.61 Å². The topological polar surface area (TPSA) is 67.9 Å². The van der Waals surface area contributed by atoms with E-state index in [9.17, 15) is 9.59 Å². The standard InChI is InChI=1S/C20H28N2O4/c1-2-25-20(24)22-11-9-17(10-12-22)21-19(23)14-26-18-8-7-15-5-3-4-6-16(15)13-18/h7-8,13,17H,2-6,9-12,14H2,1H3,(H,21,23). The number of nitrogens with one attached hydrogen (secondary N) is 1. The van der Waals surface area contributed by atoms with Crippen molar-refractivity contribution in [3.63, 3.8) is 0 Å². The number of carbonyl (C=O) groups is 2. The van der Waals surface area contributed by atoms with Crippen LogP contribution in [0.15, 0.2) is 18.2 Å². The van der Waals surface area contributed by atoms with Gasteiger partial charge in [-0.15, -0.1) is 0 Å². The predicted octanol–water partition coefficient (Wildman–Crippen LogP) is 2.68. The lowest BCUT2D eigenvalue weighted by Gasteiger charge is -2.31. The molecular weight excluding hydrogens is 332 g/mol. The third kappa shape index (κ3) is 4.90. The Bertz CT molecular complexity index is 639. The predicted molar refractivity (Wildman–Crippen MR) is 98.3 cm³/mol. The number of ether oxygens (including phenoxy) is 2. The largest absolute Gasteiger partial charge is 0.484 e. The van der Waals surface area contributed by atoms with E-state index < -0.39 is 0 Å².